The van der Waals surface area contributed by atoms with Crippen LogP contribution in [0.15, 0.2) is 42.6 Å². The standard InChI is InChI=1S/C27H31N7O2/c1-5-34-17(3)18(12-29-34)15-33(4)27(36)22-11-26(32-24-7-6-20(35)10-21(22)24)25-9-8-23(16(2)30-25)31-19-13-28-14-19/h6-12,19,28,31,35H,5,13-15H2,1-4H3. The molecule has 1 amide bonds. The molecule has 9 nitrogen and oxygen atoms in total. The van der Waals surface area contributed by atoms with Gasteiger partial charge in [0.05, 0.1) is 46.1 Å². The van der Waals surface area contributed by atoms with E-state index in [0.29, 0.717) is 40.4 Å². The first-order chi connectivity index (χ1) is 17.3. The van der Waals surface area contributed by atoms with Gasteiger partial charge in [0.25, 0.3) is 5.91 Å². The molecule has 0 radical (unpaired) electrons. The fraction of sp³-hybridized carbons (Fsp3) is 0.333. The molecule has 4 heterocycles. The van der Waals surface area contributed by atoms with Crippen molar-refractivity contribution in [1.82, 2.24) is 30.0 Å². The highest BCUT2D eigenvalue weighted by atomic mass is 16.3. The lowest BCUT2D eigenvalue weighted by Gasteiger charge is -2.29. The van der Waals surface area contributed by atoms with Crippen molar-refractivity contribution in [2.75, 3.05) is 25.5 Å². The van der Waals surface area contributed by atoms with Crippen LogP contribution < -0.4 is 10.6 Å². The molecule has 9 heteroatoms. The van der Waals surface area contributed by atoms with Gasteiger partial charge in [-0.15, -0.1) is 0 Å². The molecule has 1 fully saturated rings. The molecule has 1 aromatic carbocycles. The molecule has 1 saturated heterocycles. The van der Waals surface area contributed by atoms with Crippen molar-refractivity contribution in [3.8, 4) is 17.1 Å². The van der Waals surface area contributed by atoms with E-state index in [9.17, 15) is 9.90 Å². The number of carbonyl (C=O) groups excluding carboxylic acids is 1. The Bertz CT molecular complexity index is 1440. The number of pyridine rings is 2. The van der Waals surface area contributed by atoms with E-state index in [-0.39, 0.29) is 11.7 Å². The molecule has 1 aliphatic heterocycles. The highest BCUT2D eigenvalue weighted by Gasteiger charge is 2.21. The first-order valence-corrected chi connectivity index (χ1v) is 12.2. The van der Waals surface area contributed by atoms with Crippen LogP contribution in [0, 0.1) is 13.8 Å². The van der Waals surface area contributed by atoms with Gasteiger partial charge >= 0.3 is 0 Å². The molecule has 3 aromatic heterocycles. The second-order valence-corrected chi connectivity index (χ2v) is 9.32. The summed E-state index contributed by atoms with van der Waals surface area (Å²) in [7, 11) is 1.78. The zero-order valence-electron chi connectivity index (χ0n) is 21.0. The Morgan fingerprint density at radius 1 is 1.17 bits per heavy atom. The summed E-state index contributed by atoms with van der Waals surface area (Å²) in [5.41, 5.74) is 6.31. The number of hydrogen-bond donors (Lipinski definition) is 3. The highest BCUT2D eigenvalue weighted by Crippen LogP contribution is 2.29. The summed E-state index contributed by atoms with van der Waals surface area (Å²) < 4.78 is 1.92. The van der Waals surface area contributed by atoms with Crippen molar-refractivity contribution < 1.29 is 9.90 Å². The van der Waals surface area contributed by atoms with E-state index in [4.69, 9.17) is 9.97 Å². The van der Waals surface area contributed by atoms with Gasteiger partial charge in [-0.2, -0.15) is 5.10 Å². The van der Waals surface area contributed by atoms with Gasteiger partial charge in [-0.05, 0) is 57.2 Å². The zero-order chi connectivity index (χ0) is 25.4. The Morgan fingerprint density at radius 3 is 2.64 bits per heavy atom. The van der Waals surface area contributed by atoms with Crippen LogP contribution in [-0.2, 0) is 13.1 Å². The number of benzene rings is 1. The third-order valence-corrected chi connectivity index (χ3v) is 6.77. The Labute approximate surface area is 210 Å². The summed E-state index contributed by atoms with van der Waals surface area (Å²) in [4.78, 5) is 24.9. The van der Waals surface area contributed by atoms with Crippen molar-refractivity contribution in [1.29, 1.82) is 0 Å². The van der Waals surface area contributed by atoms with Gasteiger partial charge in [-0.1, -0.05) is 0 Å². The topological polar surface area (TPSA) is 108 Å². The Kier molecular flexibility index (Phi) is 6.32. The number of phenolic OH excluding ortho intramolecular Hbond substituents is 1. The van der Waals surface area contributed by atoms with Crippen LogP contribution in [0.5, 0.6) is 5.75 Å². The molecule has 0 aliphatic carbocycles. The maximum atomic E-state index is 13.7. The maximum Gasteiger partial charge on any atom is 0.254 e. The van der Waals surface area contributed by atoms with Crippen LogP contribution in [0.3, 0.4) is 0 Å². The molecule has 0 saturated carbocycles. The minimum absolute atomic E-state index is 0.0868. The molecule has 5 rings (SSSR count). The molecular weight excluding hydrogens is 454 g/mol. The number of nitrogens with zero attached hydrogens (tertiary/aromatic N) is 5. The Hall–Kier alpha value is -3.98. The normalized spacial score (nSPS) is 13.6. The summed E-state index contributed by atoms with van der Waals surface area (Å²) in [6, 6.07) is 11.0. The molecule has 1 aliphatic rings. The first-order valence-electron chi connectivity index (χ1n) is 12.2. The van der Waals surface area contributed by atoms with Gasteiger partial charge < -0.3 is 20.6 Å². The van der Waals surface area contributed by atoms with Gasteiger partial charge in [0.15, 0.2) is 0 Å². The number of nitrogens with one attached hydrogen (secondary N) is 2. The van der Waals surface area contributed by atoms with Crippen molar-refractivity contribution in [3.05, 3.63) is 65.1 Å². The molecule has 3 N–H and O–H groups in total. The number of aromatic nitrogens is 4. The smallest absolute Gasteiger partial charge is 0.254 e. The molecular formula is C27H31N7O2. The average Bonchev–Trinajstić information content (AvgIpc) is 3.19. The fourth-order valence-electron chi connectivity index (χ4n) is 4.48. The molecule has 0 spiro atoms. The molecule has 0 atom stereocenters. The molecule has 186 valence electrons. The number of rotatable bonds is 7. The number of anilines is 1. The monoisotopic (exact) mass is 485 g/mol. The number of aromatic hydroxyl groups is 1. The van der Waals surface area contributed by atoms with Crippen molar-refractivity contribution in [2.45, 2.75) is 39.9 Å². The van der Waals surface area contributed by atoms with Crippen LogP contribution in [-0.4, -0.2) is 61.8 Å². The van der Waals surface area contributed by atoms with Gasteiger partial charge in [-0.25, -0.2) is 9.97 Å². The third-order valence-electron chi connectivity index (χ3n) is 6.77. The fourth-order valence-corrected chi connectivity index (χ4v) is 4.48. The number of amides is 1. The van der Waals surface area contributed by atoms with E-state index in [2.05, 4.69) is 15.7 Å². The van der Waals surface area contributed by atoms with Crippen LogP contribution in [0.1, 0.15) is 34.2 Å². The van der Waals surface area contributed by atoms with Gasteiger partial charge in [0.1, 0.15) is 5.75 Å². The maximum absolute atomic E-state index is 13.7. The van der Waals surface area contributed by atoms with E-state index < -0.39 is 0 Å². The second kappa shape index (κ2) is 9.58. The Morgan fingerprint density at radius 2 is 1.97 bits per heavy atom. The van der Waals surface area contributed by atoms with E-state index >= 15 is 0 Å². The van der Waals surface area contributed by atoms with E-state index in [1.165, 1.54) is 0 Å². The van der Waals surface area contributed by atoms with E-state index in [1.54, 1.807) is 36.2 Å². The lowest BCUT2D eigenvalue weighted by Crippen LogP contribution is -2.51. The summed E-state index contributed by atoms with van der Waals surface area (Å²) in [5.74, 6) is -0.0749. The average molecular weight is 486 g/mol. The lowest BCUT2D eigenvalue weighted by molar-refractivity contribution is 0.0787. The van der Waals surface area contributed by atoms with Crippen LogP contribution >= 0.6 is 0 Å². The Balaban J connectivity index is 1.50. The predicted octanol–water partition coefficient (Wildman–Crippen LogP) is 3.49. The minimum atomic E-state index is -0.162. The quantitative estimate of drug-likeness (QED) is 0.368. The SMILES string of the molecule is CCn1ncc(CN(C)C(=O)c2cc(-c3ccc(NC4CNC4)c(C)n3)nc3ccc(O)cc23)c1C. The van der Waals surface area contributed by atoms with Crippen molar-refractivity contribution in [2.24, 2.45) is 0 Å². The van der Waals surface area contributed by atoms with Crippen LogP contribution in [0.2, 0.25) is 0 Å². The van der Waals surface area contributed by atoms with E-state index in [0.717, 1.165) is 42.3 Å². The number of carbonyl (C=O) groups is 1. The number of hydrogen-bond acceptors (Lipinski definition) is 7. The molecule has 4 aromatic rings. The molecule has 0 unspecified atom stereocenters. The third kappa shape index (κ3) is 4.49. The minimum Gasteiger partial charge on any atom is -0.508 e. The number of phenols is 1. The predicted molar refractivity (Wildman–Crippen MR) is 140 cm³/mol. The van der Waals surface area contributed by atoms with Crippen LogP contribution in [0.25, 0.3) is 22.3 Å². The lowest BCUT2D eigenvalue weighted by atomic mass is 10.0. The van der Waals surface area contributed by atoms with Crippen molar-refractivity contribution in [3.63, 3.8) is 0 Å². The number of fused-ring (bicyclic) bond motifs is 1. The first kappa shape index (κ1) is 23.7. The summed E-state index contributed by atoms with van der Waals surface area (Å²) >= 11 is 0. The van der Waals surface area contributed by atoms with Crippen LogP contribution in [0.4, 0.5) is 5.69 Å². The van der Waals surface area contributed by atoms with E-state index in [1.807, 2.05) is 43.8 Å². The number of aryl methyl sites for hydroxylation is 2. The van der Waals surface area contributed by atoms with Gasteiger partial charge in [-0.3, -0.25) is 9.48 Å². The summed E-state index contributed by atoms with van der Waals surface area (Å²) in [6.45, 7) is 9.11. The largest absolute Gasteiger partial charge is 0.508 e. The molecule has 36 heavy (non-hydrogen) atoms. The highest BCUT2D eigenvalue weighted by molar-refractivity contribution is 6.07. The zero-order valence-corrected chi connectivity index (χ0v) is 21.0. The molecule has 0 bridgehead atoms. The van der Waals surface area contributed by atoms with Gasteiger partial charge in [0.2, 0.25) is 0 Å². The summed E-state index contributed by atoms with van der Waals surface area (Å²) in [6.07, 6.45) is 1.81. The van der Waals surface area contributed by atoms with Crippen molar-refractivity contribution >= 4 is 22.5 Å². The summed E-state index contributed by atoms with van der Waals surface area (Å²) in [5, 5.41) is 21.9. The van der Waals surface area contributed by atoms with Gasteiger partial charge in [0, 0.05) is 49.9 Å². The second-order valence-electron chi connectivity index (χ2n) is 9.32.